The van der Waals surface area contributed by atoms with Gasteiger partial charge in [0.1, 0.15) is 11.6 Å². The van der Waals surface area contributed by atoms with Crippen LogP contribution in [0.1, 0.15) is 127 Å². The molecule has 0 amide bonds. The lowest BCUT2D eigenvalue weighted by Crippen LogP contribution is -2.20. The molecule has 4 fully saturated rings. The Morgan fingerprint density at radius 2 is 1.00 bits per heavy atom. The van der Waals surface area contributed by atoms with Crippen molar-refractivity contribution >= 4 is 35.2 Å². The van der Waals surface area contributed by atoms with Crippen LogP contribution >= 0.6 is 23.5 Å². The smallest absolute Gasteiger partial charge is 0.172 e. The Morgan fingerprint density at radius 1 is 0.578 bits per heavy atom. The number of rotatable bonds is 14. The molecule has 0 aromatic rings. The quantitative estimate of drug-likeness (QED) is 0.0794. The lowest BCUT2D eigenvalue weighted by atomic mass is 10.2. The van der Waals surface area contributed by atoms with E-state index < -0.39 is 0 Å². The maximum absolute atomic E-state index is 5.27. The van der Waals surface area contributed by atoms with Crippen molar-refractivity contribution in [2.75, 3.05) is 15.7 Å². The van der Waals surface area contributed by atoms with Gasteiger partial charge in [-0.15, -0.1) is 0 Å². The molecule has 8 aliphatic rings. The number of hydrogen-bond acceptors (Lipinski definition) is 10. The SMILES string of the molecule is CCCn1c(SCSc2nc(NC3CCCC3)c3nc(C4CC4)nc-3n2CCC)nc(NC2CCCC2)c2nc(C3CC3)nc1-2. The lowest BCUT2D eigenvalue weighted by Gasteiger charge is -2.21. The van der Waals surface area contributed by atoms with Gasteiger partial charge in [0.25, 0.3) is 0 Å². The molecule has 4 aliphatic carbocycles. The summed E-state index contributed by atoms with van der Waals surface area (Å²) >= 11 is 3.58. The zero-order valence-electron chi connectivity index (χ0n) is 26.7. The van der Waals surface area contributed by atoms with E-state index in [-0.39, 0.29) is 0 Å². The third kappa shape index (κ3) is 6.25. The van der Waals surface area contributed by atoms with Gasteiger partial charge in [0.05, 0.1) is 5.08 Å². The van der Waals surface area contributed by atoms with Gasteiger partial charge in [-0.1, -0.05) is 63.1 Å². The zero-order chi connectivity index (χ0) is 30.3. The maximum atomic E-state index is 5.27. The molecule has 0 aromatic heterocycles. The summed E-state index contributed by atoms with van der Waals surface area (Å²) in [6.45, 7) is 6.22. The van der Waals surface area contributed by atoms with Crippen molar-refractivity contribution in [2.45, 2.75) is 151 Å². The van der Waals surface area contributed by atoms with Crippen LogP contribution < -0.4 is 10.6 Å². The van der Waals surface area contributed by atoms with E-state index in [1.54, 1.807) is 23.5 Å². The topological polar surface area (TPSA) is 111 Å². The van der Waals surface area contributed by atoms with E-state index in [9.17, 15) is 0 Å². The van der Waals surface area contributed by atoms with Gasteiger partial charge in [-0.05, 0) is 64.2 Å². The van der Waals surface area contributed by atoms with Gasteiger partial charge in [0.2, 0.25) is 0 Å². The number of hydrogen-bond donors (Lipinski definition) is 2. The molecule has 0 atom stereocenters. The van der Waals surface area contributed by atoms with Crippen molar-refractivity contribution in [3.8, 4) is 23.0 Å². The summed E-state index contributed by atoms with van der Waals surface area (Å²) in [7, 11) is 0. The van der Waals surface area contributed by atoms with Gasteiger partial charge >= 0.3 is 0 Å². The molecule has 45 heavy (non-hydrogen) atoms. The van der Waals surface area contributed by atoms with E-state index in [2.05, 4.69) is 33.6 Å². The van der Waals surface area contributed by atoms with Gasteiger partial charge in [-0.25, -0.2) is 29.9 Å². The van der Waals surface area contributed by atoms with Crippen LogP contribution in [0.5, 0.6) is 0 Å². The Labute approximate surface area is 274 Å². The minimum absolute atomic E-state index is 0.469. The number of nitrogens with zero attached hydrogens (tertiary/aromatic N) is 8. The van der Waals surface area contributed by atoms with E-state index >= 15 is 0 Å². The molecular weight excluding hydrogens is 601 g/mol. The van der Waals surface area contributed by atoms with E-state index in [1.807, 2.05) is 0 Å². The molecule has 0 saturated heterocycles. The summed E-state index contributed by atoms with van der Waals surface area (Å²) in [5.41, 5.74) is 1.90. The van der Waals surface area contributed by atoms with Crippen molar-refractivity contribution in [2.24, 2.45) is 0 Å². The average Bonchev–Trinajstić information content (AvgIpc) is 3.80. The Hall–Kier alpha value is -2.60. The van der Waals surface area contributed by atoms with Crippen LogP contribution in [-0.4, -0.2) is 56.2 Å². The van der Waals surface area contributed by atoms with E-state index in [0.29, 0.717) is 23.9 Å². The number of anilines is 2. The largest absolute Gasteiger partial charge is 0.365 e. The Morgan fingerprint density at radius 3 is 1.38 bits per heavy atom. The van der Waals surface area contributed by atoms with Gasteiger partial charge < -0.3 is 19.8 Å². The highest BCUT2D eigenvalue weighted by molar-refractivity contribution is 8.15. The molecule has 4 aliphatic heterocycles. The first-order valence-corrected chi connectivity index (χ1v) is 19.5. The van der Waals surface area contributed by atoms with Crippen LogP contribution in [0.4, 0.5) is 11.6 Å². The summed E-state index contributed by atoms with van der Waals surface area (Å²) in [5, 5.41) is 10.4. The summed E-state index contributed by atoms with van der Waals surface area (Å²) in [5.74, 6) is 6.85. The summed E-state index contributed by atoms with van der Waals surface area (Å²) in [6.07, 6.45) is 16.8. The molecule has 10 nitrogen and oxygen atoms in total. The molecule has 4 saturated carbocycles. The molecule has 12 heteroatoms. The van der Waals surface area contributed by atoms with Crippen LogP contribution in [0, 0.1) is 0 Å². The van der Waals surface area contributed by atoms with Crippen molar-refractivity contribution in [1.29, 1.82) is 0 Å². The first-order chi connectivity index (χ1) is 22.2. The fraction of sp³-hybridized carbons (Fsp3) is 0.697. The second-order valence-electron chi connectivity index (χ2n) is 13.5. The van der Waals surface area contributed by atoms with E-state index in [0.717, 1.165) is 87.7 Å². The van der Waals surface area contributed by atoms with Crippen molar-refractivity contribution in [3.63, 3.8) is 0 Å². The van der Waals surface area contributed by atoms with E-state index in [4.69, 9.17) is 29.9 Å². The van der Waals surface area contributed by atoms with Gasteiger partial charge in [-0.3, -0.25) is 0 Å². The van der Waals surface area contributed by atoms with Crippen LogP contribution in [0.2, 0.25) is 0 Å². The number of thioether (sulfide) groups is 2. The summed E-state index contributed by atoms with van der Waals surface area (Å²) in [4.78, 5) is 30.9. The van der Waals surface area contributed by atoms with Gasteiger partial charge in [0, 0.05) is 37.0 Å². The van der Waals surface area contributed by atoms with Crippen LogP contribution in [0.15, 0.2) is 10.3 Å². The number of imidazole rings is 2. The minimum Gasteiger partial charge on any atom is -0.365 e. The predicted octanol–water partition coefficient (Wildman–Crippen LogP) is 7.99. The van der Waals surface area contributed by atoms with Crippen molar-refractivity contribution < 1.29 is 0 Å². The molecule has 0 aromatic carbocycles. The highest BCUT2D eigenvalue weighted by Crippen LogP contribution is 2.44. The fourth-order valence-corrected chi connectivity index (χ4v) is 9.04. The first-order valence-electron chi connectivity index (χ1n) is 17.5. The van der Waals surface area contributed by atoms with Crippen molar-refractivity contribution in [3.05, 3.63) is 11.6 Å². The van der Waals surface area contributed by atoms with Crippen molar-refractivity contribution in [1.82, 2.24) is 39.0 Å². The predicted molar refractivity (Wildman–Crippen MR) is 182 cm³/mol. The molecule has 0 unspecified atom stereocenters. The van der Waals surface area contributed by atoms with Gasteiger partial charge in [0.15, 0.2) is 45.0 Å². The highest BCUT2D eigenvalue weighted by atomic mass is 32.2. The average molecular weight is 647 g/mol. The monoisotopic (exact) mass is 646 g/mol. The molecule has 2 N–H and O–H groups in total. The van der Waals surface area contributed by atoms with E-state index in [1.165, 1.54) is 77.0 Å². The maximum Gasteiger partial charge on any atom is 0.172 e. The Balaban J connectivity index is 1.11. The zero-order valence-corrected chi connectivity index (χ0v) is 28.4. The third-order valence-corrected chi connectivity index (χ3v) is 11.8. The number of nitrogens with one attached hydrogen (secondary N) is 2. The number of aromatic nitrogens is 8. The Bertz CT molecular complexity index is 1450. The molecule has 8 rings (SSSR count). The standard InChI is InChI=1S/C33H46N10S2/c1-3-17-42-30-24(36-26(38-30)20-13-14-20)28(34-22-9-5-6-10-22)40-32(42)44-19-45-33-41-29(35-23-11-7-8-12-23)25-31(43(33)18-4-2)39-27(37-25)21-15-16-21/h20-23,34-35H,3-19H2,1-2H3. The first kappa shape index (κ1) is 29.8. The van der Waals surface area contributed by atoms with Crippen LogP contribution in [0.3, 0.4) is 0 Å². The Kier molecular flexibility index (Phi) is 8.53. The third-order valence-electron chi connectivity index (χ3n) is 9.70. The molecule has 0 radical (unpaired) electrons. The molecule has 0 bridgehead atoms. The molecule has 240 valence electrons. The molecule has 0 spiro atoms. The highest BCUT2D eigenvalue weighted by Gasteiger charge is 2.34. The normalized spacial score (nSPS) is 19.4. The molecule has 4 heterocycles. The second kappa shape index (κ2) is 12.9. The fourth-order valence-electron chi connectivity index (χ4n) is 6.98. The minimum atomic E-state index is 0.469. The van der Waals surface area contributed by atoms with Gasteiger partial charge in [-0.2, -0.15) is 0 Å². The lowest BCUT2D eigenvalue weighted by molar-refractivity contribution is 0.592. The second-order valence-corrected chi connectivity index (χ2v) is 15.8. The molecular formula is C33H46N10S2. The summed E-state index contributed by atoms with van der Waals surface area (Å²) < 4.78 is 4.63. The number of fused-ring (bicyclic) bond motifs is 2. The summed E-state index contributed by atoms with van der Waals surface area (Å²) in [6, 6.07) is 0.939. The van der Waals surface area contributed by atoms with Crippen LogP contribution in [0.25, 0.3) is 23.0 Å². The van der Waals surface area contributed by atoms with Crippen LogP contribution in [-0.2, 0) is 13.1 Å².